The summed E-state index contributed by atoms with van der Waals surface area (Å²) in [7, 11) is 1.84. The number of amides is 1. The van der Waals surface area contributed by atoms with Crippen molar-refractivity contribution in [2.24, 2.45) is 5.73 Å². The third-order valence-corrected chi connectivity index (χ3v) is 2.54. The van der Waals surface area contributed by atoms with E-state index in [2.05, 4.69) is 15.7 Å². The third kappa shape index (κ3) is 3.56. The highest BCUT2D eigenvalue weighted by Crippen LogP contribution is 2.07. The normalized spacial score (nSPS) is 12.1. The number of carbonyl (C=O) groups excluding carboxylic acids is 1. The molecule has 7 nitrogen and oxygen atoms in total. The zero-order chi connectivity index (χ0) is 13.5. The molecule has 1 heterocycles. The van der Waals surface area contributed by atoms with Gasteiger partial charge in [-0.3, -0.25) is 9.59 Å². The Balaban J connectivity index is 2.85. The van der Waals surface area contributed by atoms with Gasteiger partial charge in [-0.1, -0.05) is 6.92 Å². The van der Waals surface area contributed by atoms with Crippen LogP contribution in [0.15, 0.2) is 17.1 Å². The van der Waals surface area contributed by atoms with Gasteiger partial charge in [-0.15, -0.1) is 0 Å². The molecule has 0 bridgehead atoms. The molecule has 4 N–H and O–H groups in total. The van der Waals surface area contributed by atoms with Gasteiger partial charge in [0, 0.05) is 19.2 Å². The molecule has 1 aromatic rings. The average molecular weight is 253 g/mol. The molecule has 0 radical (unpaired) electrons. The number of nitrogens with zero attached hydrogens (tertiary/aromatic N) is 2. The van der Waals surface area contributed by atoms with E-state index in [4.69, 9.17) is 5.73 Å². The maximum atomic E-state index is 11.8. The van der Waals surface area contributed by atoms with Gasteiger partial charge in [-0.25, -0.2) is 4.68 Å². The third-order valence-electron chi connectivity index (χ3n) is 2.54. The first-order valence-corrected chi connectivity index (χ1v) is 5.86. The topological polar surface area (TPSA) is 102 Å². The van der Waals surface area contributed by atoms with Crippen LogP contribution in [0.5, 0.6) is 0 Å². The maximum absolute atomic E-state index is 11.8. The van der Waals surface area contributed by atoms with Gasteiger partial charge in [0.2, 0.25) is 5.91 Å². The summed E-state index contributed by atoms with van der Waals surface area (Å²) < 4.78 is 1.12. The molecule has 0 spiro atoms. The number of rotatable bonds is 7. The van der Waals surface area contributed by atoms with Crippen molar-refractivity contribution in [2.75, 3.05) is 25.5 Å². The molecule has 0 aromatic carbocycles. The van der Waals surface area contributed by atoms with E-state index in [0.29, 0.717) is 18.7 Å². The van der Waals surface area contributed by atoms with Crippen LogP contribution in [0.25, 0.3) is 0 Å². The second-order valence-corrected chi connectivity index (χ2v) is 3.88. The summed E-state index contributed by atoms with van der Waals surface area (Å²) in [5, 5.41) is 9.99. The highest BCUT2D eigenvalue weighted by atomic mass is 16.2. The quantitative estimate of drug-likeness (QED) is 0.558. The molecule has 0 aliphatic heterocycles. The summed E-state index contributed by atoms with van der Waals surface area (Å²) in [4.78, 5) is 23.0. The number of hydrogen-bond acceptors (Lipinski definition) is 5. The van der Waals surface area contributed by atoms with Crippen molar-refractivity contribution in [3.63, 3.8) is 0 Å². The van der Waals surface area contributed by atoms with Gasteiger partial charge in [0.15, 0.2) is 0 Å². The predicted molar refractivity (Wildman–Crippen MR) is 69.4 cm³/mol. The first kappa shape index (κ1) is 14.2. The van der Waals surface area contributed by atoms with Gasteiger partial charge in [0.1, 0.15) is 6.04 Å². The number of primary amides is 1. The van der Waals surface area contributed by atoms with E-state index in [1.54, 1.807) is 6.92 Å². The Labute approximate surface area is 105 Å². The smallest absolute Gasteiger partial charge is 0.269 e. The van der Waals surface area contributed by atoms with Crippen LogP contribution in [0.3, 0.4) is 0 Å². The Kier molecular flexibility index (Phi) is 5.31. The van der Waals surface area contributed by atoms with Crippen LogP contribution >= 0.6 is 0 Å². The van der Waals surface area contributed by atoms with Gasteiger partial charge < -0.3 is 16.4 Å². The molecule has 0 aliphatic carbocycles. The van der Waals surface area contributed by atoms with Gasteiger partial charge in [0.05, 0.1) is 11.9 Å². The summed E-state index contributed by atoms with van der Waals surface area (Å²) in [6.07, 6.45) is 1.96. The fourth-order valence-electron chi connectivity index (χ4n) is 1.57. The molecule has 0 fully saturated rings. The van der Waals surface area contributed by atoms with E-state index in [9.17, 15) is 9.59 Å². The van der Waals surface area contributed by atoms with Gasteiger partial charge in [0.25, 0.3) is 5.56 Å². The van der Waals surface area contributed by atoms with Crippen LogP contribution in [0.4, 0.5) is 5.69 Å². The van der Waals surface area contributed by atoms with Gasteiger partial charge in [-0.2, -0.15) is 5.10 Å². The second-order valence-electron chi connectivity index (χ2n) is 3.88. The molecule has 1 aromatic heterocycles. The van der Waals surface area contributed by atoms with Crippen LogP contribution in [0.2, 0.25) is 0 Å². The van der Waals surface area contributed by atoms with Gasteiger partial charge in [-0.05, 0) is 13.5 Å². The lowest BCUT2D eigenvalue weighted by atomic mass is 10.2. The first-order valence-electron chi connectivity index (χ1n) is 5.86. The number of anilines is 1. The van der Waals surface area contributed by atoms with E-state index in [1.807, 2.05) is 7.05 Å². The summed E-state index contributed by atoms with van der Waals surface area (Å²) in [6.45, 7) is 3.25. The van der Waals surface area contributed by atoms with Crippen molar-refractivity contribution in [3.05, 3.63) is 22.6 Å². The highest BCUT2D eigenvalue weighted by Gasteiger charge is 2.17. The van der Waals surface area contributed by atoms with E-state index in [1.165, 1.54) is 12.3 Å². The number of nitrogens with two attached hydrogens (primary N) is 1. The molecule has 1 rings (SSSR count). The molecule has 100 valence electrons. The van der Waals surface area contributed by atoms with E-state index >= 15 is 0 Å². The minimum atomic E-state index is -0.691. The van der Waals surface area contributed by atoms with Crippen molar-refractivity contribution in [2.45, 2.75) is 19.4 Å². The van der Waals surface area contributed by atoms with Crippen molar-refractivity contribution >= 4 is 11.6 Å². The van der Waals surface area contributed by atoms with Crippen molar-refractivity contribution in [1.82, 2.24) is 15.1 Å². The number of nitrogens with one attached hydrogen (secondary N) is 2. The summed E-state index contributed by atoms with van der Waals surface area (Å²) >= 11 is 0. The Morgan fingerprint density at radius 3 is 2.78 bits per heavy atom. The maximum Gasteiger partial charge on any atom is 0.269 e. The van der Waals surface area contributed by atoms with E-state index < -0.39 is 11.9 Å². The van der Waals surface area contributed by atoms with E-state index in [-0.39, 0.29) is 5.56 Å². The largest absolute Gasteiger partial charge is 0.382 e. The molecule has 1 unspecified atom stereocenters. The SMILES string of the molecule is CCC(C(N)=O)n1ncc(NCCNC)cc1=O. The fraction of sp³-hybridized carbons (Fsp3) is 0.545. The number of likely N-dealkylation sites (N-methyl/N-ethyl adjacent to an activating group) is 1. The Morgan fingerprint density at radius 1 is 1.56 bits per heavy atom. The van der Waals surface area contributed by atoms with Crippen molar-refractivity contribution in [1.29, 1.82) is 0 Å². The average Bonchev–Trinajstić information content (AvgIpc) is 2.32. The summed E-state index contributed by atoms with van der Waals surface area (Å²) in [5.74, 6) is -0.553. The van der Waals surface area contributed by atoms with Crippen LogP contribution in [-0.4, -0.2) is 35.8 Å². The fourth-order valence-corrected chi connectivity index (χ4v) is 1.57. The Hall–Kier alpha value is -1.89. The van der Waals surface area contributed by atoms with Crippen LogP contribution in [0.1, 0.15) is 19.4 Å². The summed E-state index contributed by atoms with van der Waals surface area (Å²) in [5.41, 5.74) is 5.51. The minimum absolute atomic E-state index is 0.338. The monoisotopic (exact) mass is 253 g/mol. The zero-order valence-corrected chi connectivity index (χ0v) is 10.6. The lowest BCUT2D eigenvalue weighted by molar-refractivity contribution is -0.121. The first-order chi connectivity index (χ1) is 8.60. The number of carbonyl (C=O) groups is 1. The highest BCUT2D eigenvalue weighted by molar-refractivity contribution is 5.78. The van der Waals surface area contributed by atoms with Crippen LogP contribution < -0.4 is 21.9 Å². The minimum Gasteiger partial charge on any atom is -0.382 e. The predicted octanol–water partition coefficient (Wildman–Crippen LogP) is -0.689. The van der Waals surface area contributed by atoms with Crippen molar-refractivity contribution in [3.8, 4) is 0 Å². The molecule has 0 saturated heterocycles. The zero-order valence-electron chi connectivity index (χ0n) is 10.6. The molecule has 7 heteroatoms. The molecule has 0 aliphatic rings. The lowest BCUT2D eigenvalue weighted by Crippen LogP contribution is -2.35. The Morgan fingerprint density at radius 2 is 2.28 bits per heavy atom. The standard InChI is InChI=1S/C11H19N5O2/c1-3-9(11(12)18)16-10(17)6-8(7-15-16)14-5-4-13-2/h6-7,9,13-14H,3-5H2,1-2H3,(H2,12,18). The molecule has 18 heavy (non-hydrogen) atoms. The molecular weight excluding hydrogens is 234 g/mol. The molecule has 1 atom stereocenters. The van der Waals surface area contributed by atoms with E-state index in [0.717, 1.165) is 11.2 Å². The summed E-state index contributed by atoms with van der Waals surface area (Å²) in [6, 6.07) is 0.720. The molecule has 0 saturated carbocycles. The lowest BCUT2D eigenvalue weighted by Gasteiger charge is -2.13. The van der Waals surface area contributed by atoms with Crippen LogP contribution in [0, 0.1) is 0 Å². The molecular formula is C11H19N5O2. The second kappa shape index (κ2) is 6.75. The van der Waals surface area contributed by atoms with Crippen molar-refractivity contribution < 1.29 is 4.79 Å². The van der Waals surface area contributed by atoms with Crippen LogP contribution in [-0.2, 0) is 4.79 Å². The molecule has 1 amide bonds. The Bertz CT molecular complexity index is 457. The number of aromatic nitrogens is 2. The van der Waals surface area contributed by atoms with Gasteiger partial charge >= 0.3 is 0 Å². The number of hydrogen-bond donors (Lipinski definition) is 3.